The van der Waals surface area contributed by atoms with Crippen LogP contribution in [0.2, 0.25) is 0 Å². The number of carboxylic acids is 1. The van der Waals surface area contributed by atoms with Gasteiger partial charge in [-0.1, -0.05) is 0 Å². The van der Waals surface area contributed by atoms with Gasteiger partial charge in [-0.15, -0.1) is 22.7 Å². The van der Waals surface area contributed by atoms with E-state index >= 15 is 0 Å². The van der Waals surface area contributed by atoms with E-state index in [4.69, 9.17) is 5.11 Å². The van der Waals surface area contributed by atoms with Crippen LogP contribution in [0, 0.1) is 13.8 Å². The minimum atomic E-state index is -0.926. The highest BCUT2D eigenvalue weighted by molar-refractivity contribution is 7.21. The molecule has 0 aromatic carbocycles. The zero-order valence-corrected chi connectivity index (χ0v) is 9.78. The molecule has 0 radical (unpaired) electrons. The topological polar surface area (TPSA) is 63.1 Å². The zero-order valence-electron chi connectivity index (χ0n) is 8.14. The van der Waals surface area contributed by atoms with Crippen molar-refractivity contribution >= 4 is 28.6 Å². The third kappa shape index (κ3) is 1.91. The number of hydrogen-bond donors (Lipinski definition) is 1. The summed E-state index contributed by atoms with van der Waals surface area (Å²) in [7, 11) is 0. The van der Waals surface area contributed by atoms with Gasteiger partial charge in [0, 0.05) is 11.1 Å². The highest BCUT2D eigenvalue weighted by atomic mass is 32.1. The molecule has 2 rings (SSSR count). The number of thiazole rings is 2. The highest BCUT2D eigenvalue weighted by Gasteiger charge is 2.16. The minimum Gasteiger partial charge on any atom is -0.477 e. The number of hydrogen-bond acceptors (Lipinski definition) is 5. The van der Waals surface area contributed by atoms with Crippen molar-refractivity contribution in [2.45, 2.75) is 13.8 Å². The number of carboxylic acid groups (broad SMARTS) is 1. The van der Waals surface area contributed by atoms with Gasteiger partial charge in [-0.25, -0.2) is 14.8 Å². The van der Waals surface area contributed by atoms with Crippen LogP contribution in [0.3, 0.4) is 0 Å². The van der Waals surface area contributed by atoms with Gasteiger partial charge in [0.15, 0.2) is 10.0 Å². The molecule has 0 aliphatic heterocycles. The molecule has 0 spiro atoms. The maximum absolute atomic E-state index is 10.8. The van der Waals surface area contributed by atoms with E-state index in [2.05, 4.69) is 9.97 Å². The molecule has 0 bridgehead atoms. The summed E-state index contributed by atoms with van der Waals surface area (Å²) >= 11 is 2.65. The quantitative estimate of drug-likeness (QED) is 0.876. The molecule has 0 aliphatic carbocycles. The van der Waals surface area contributed by atoms with Crippen LogP contribution >= 0.6 is 22.7 Å². The molecule has 15 heavy (non-hydrogen) atoms. The predicted molar refractivity (Wildman–Crippen MR) is 59.7 cm³/mol. The van der Waals surface area contributed by atoms with E-state index in [-0.39, 0.29) is 4.88 Å². The third-order valence-electron chi connectivity index (χ3n) is 1.79. The maximum atomic E-state index is 10.8. The lowest BCUT2D eigenvalue weighted by Gasteiger charge is -1.84. The first-order valence-electron chi connectivity index (χ1n) is 4.21. The van der Waals surface area contributed by atoms with Crippen molar-refractivity contribution in [1.29, 1.82) is 0 Å². The number of nitrogens with zero attached hydrogens (tertiary/aromatic N) is 2. The zero-order chi connectivity index (χ0) is 11.0. The van der Waals surface area contributed by atoms with Crippen LogP contribution in [0.5, 0.6) is 0 Å². The van der Waals surface area contributed by atoms with Gasteiger partial charge < -0.3 is 5.11 Å². The standard InChI is InChI=1S/C9H8N2O2S2/c1-4-3-14-7(10-4)8-11-5(2)6(15-8)9(12)13/h3H,1-2H3,(H,12,13). The van der Waals surface area contributed by atoms with Crippen LogP contribution in [0.15, 0.2) is 5.38 Å². The molecule has 6 heteroatoms. The number of aromatic carboxylic acids is 1. The average molecular weight is 240 g/mol. The summed E-state index contributed by atoms with van der Waals surface area (Å²) in [6, 6.07) is 0. The summed E-state index contributed by atoms with van der Waals surface area (Å²) in [5.41, 5.74) is 1.48. The average Bonchev–Trinajstić information content (AvgIpc) is 2.71. The second-order valence-corrected chi connectivity index (χ2v) is 4.89. The second kappa shape index (κ2) is 3.71. The minimum absolute atomic E-state index is 0.290. The van der Waals surface area contributed by atoms with Crippen molar-refractivity contribution in [1.82, 2.24) is 9.97 Å². The predicted octanol–water partition coefficient (Wildman–Crippen LogP) is 2.58. The third-order valence-corrected chi connectivity index (χ3v) is 4.04. The maximum Gasteiger partial charge on any atom is 0.347 e. The summed E-state index contributed by atoms with van der Waals surface area (Å²) in [6.45, 7) is 3.60. The van der Waals surface area contributed by atoms with Crippen molar-refractivity contribution in [2.75, 3.05) is 0 Å². The largest absolute Gasteiger partial charge is 0.477 e. The number of aryl methyl sites for hydroxylation is 2. The molecule has 0 amide bonds. The lowest BCUT2D eigenvalue weighted by Crippen LogP contribution is -1.94. The molecule has 0 aliphatic rings. The second-order valence-electron chi connectivity index (χ2n) is 3.03. The summed E-state index contributed by atoms with van der Waals surface area (Å²) in [4.78, 5) is 19.6. The van der Waals surface area contributed by atoms with Gasteiger partial charge >= 0.3 is 5.97 Å². The molecular weight excluding hydrogens is 232 g/mol. The number of aromatic nitrogens is 2. The highest BCUT2D eigenvalue weighted by Crippen LogP contribution is 2.29. The lowest BCUT2D eigenvalue weighted by molar-refractivity contribution is 0.0701. The first-order valence-corrected chi connectivity index (χ1v) is 5.91. The normalized spacial score (nSPS) is 10.5. The SMILES string of the molecule is Cc1csc(-c2nc(C)c(C(=O)O)s2)n1. The Bertz CT molecular complexity index is 516. The van der Waals surface area contributed by atoms with E-state index in [1.54, 1.807) is 6.92 Å². The van der Waals surface area contributed by atoms with Gasteiger partial charge in [0.2, 0.25) is 0 Å². The monoisotopic (exact) mass is 240 g/mol. The van der Waals surface area contributed by atoms with Crippen LogP contribution in [0.4, 0.5) is 0 Å². The van der Waals surface area contributed by atoms with Crippen LogP contribution in [-0.2, 0) is 0 Å². The van der Waals surface area contributed by atoms with Crippen LogP contribution in [0.25, 0.3) is 10.0 Å². The van der Waals surface area contributed by atoms with Gasteiger partial charge in [-0.3, -0.25) is 0 Å². The summed E-state index contributed by atoms with van der Waals surface area (Å²) in [5.74, 6) is -0.926. The van der Waals surface area contributed by atoms with Crippen molar-refractivity contribution in [3.63, 3.8) is 0 Å². The molecule has 0 saturated carbocycles. The molecule has 1 N–H and O–H groups in total. The molecular formula is C9H8N2O2S2. The Balaban J connectivity index is 2.46. The molecule has 0 unspecified atom stereocenters. The fourth-order valence-electron chi connectivity index (χ4n) is 1.14. The van der Waals surface area contributed by atoms with E-state index in [0.717, 1.165) is 10.7 Å². The molecule has 4 nitrogen and oxygen atoms in total. The van der Waals surface area contributed by atoms with Crippen LogP contribution < -0.4 is 0 Å². The Kier molecular flexibility index (Phi) is 2.54. The molecule has 0 saturated heterocycles. The molecule has 0 atom stereocenters. The Hall–Kier alpha value is -1.27. The number of carbonyl (C=O) groups is 1. The summed E-state index contributed by atoms with van der Waals surface area (Å²) < 4.78 is 0. The van der Waals surface area contributed by atoms with Gasteiger partial charge in [-0.05, 0) is 13.8 Å². The van der Waals surface area contributed by atoms with Gasteiger partial charge in [0.1, 0.15) is 4.88 Å². The molecule has 2 aromatic rings. The van der Waals surface area contributed by atoms with E-state index in [0.29, 0.717) is 10.7 Å². The molecule has 2 heterocycles. The smallest absolute Gasteiger partial charge is 0.347 e. The first-order chi connectivity index (χ1) is 7.08. The van der Waals surface area contributed by atoms with Crippen LogP contribution in [-0.4, -0.2) is 21.0 Å². The molecule has 2 aromatic heterocycles. The van der Waals surface area contributed by atoms with Crippen molar-refractivity contribution in [3.05, 3.63) is 21.6 Å². The van der Waals surface area contributed by atoms with Gasteiger partial charge in [0.25, 0.3) is 0 Å². The van der Waals surface area contributed by atoms with E-state index in [1.807, 2.05) is 12.3 Å². The van der Waals surface area contributed by atoms with Gasteiger partial charge in [-0.2, -0.15) is 0 Å². The Morgan fingerprint density at radius 2 is 2.07 bits per heavy atom. The van der Waals surface area contributed by atoms with E-state index in [9.17, 15) is 4.79 Å². The van der Waals surface area contributed by atoms with Crippen LogP contribution in [0.1, 0.15) is 21.1 Å². The Morgan fingerprint density at radius 3 is 2.53 bits per heavy atom. The summed E-state index contributed by atoms with van der Waals surface area (Å²) in [5, 5.41) is 12.3. The fraction of sp³-hybridized carbons (Fsp3) is 0.222. The Labute approximate surface area is 94.3 Å². The summed E-state index contributed by atoms with van der Waals surface area (Å²) in [6.07, 6.45) is 0. The van der Waals surface area contributed by atoms with E-state index < -0.39 is 5.97 Å². The molecule has 78 valence electrons. The lowest BCUT2D eigenvalue weighted by atomic mass is 10.4. The van der Waals surface area contributed by atoms with Crippen molar-refractivity contribution in [2.24, 2.45) is 0 Å². The van der Waals surface area contributed by atoms with E-state index in [1.165, 1.54) is 22.7 Å². The number of rotatable bonds is 2. The fourth-order valence-corrected chi connectivity index (χ4v) is 2.88. The Morgan fingerprint density at radius 1 is 1.33 bits per heavy atom. The van der Waals surface area contributed by atoms with Crippen molar-refractivity contribution < 1.29 is 9.90 Å². The van der Waals surface area contributed by atoms with Crippen molar-refractivity contribution in [3.8, 4) is 10.0 Å². The molecule has 0 fully saturated rings. The van der Waals surface area contributed by atoms with Gasteiger partial charge in [0.05, 0.1) is 5.69 Å². The first kappa shape index (κ1) is 10.3.